The number of carboxylic acids is 1. The number of amides is 1. The summed E-state index contributed by atoms with van der Waals surface area (Å²) in [5.74, 6) is -1.17. The molecule has 3 heterocycles. The third kappa shape index (κ3) is 2.61. The van der Waals surface area contributed by atoms with Crippen molar-refractivity contribution in [2.45, 2.75) is 50.1 Å². The maximum atomic E-state index is 12.3. The number of nitrogens with two attached hydrogens (primary N) is 1. The minimum atomic E-state index is -1.04. The molecule has 0 aromatic rings. The lowest BCUT2D eigenvalue weighted by atomic mass is 9.78. The summed E-state index contributed by atoms with van der Waals surface area (Å²) in [5, 5.41) is 19.9. The van der Waals surface area contributed by atoms with Gasteiger partial charge in [0.1, 0.15) is 5.70 Å². The number of hydrogen-bond acceptors (Lipinski definition) is 6. The summed E-state index contributed by atoms with van der Waals surface area (Å²) in [6.07, 6.45) is 1.60. The summed E-state index contributed by atoms with van der Waals surface area (Å²) in [6, 6.07) is 0.416. The molecule has 0 radical (unpaired) electrons. The number of aliphatic carboxylic acids is 1. The summed E-state index contributed by atoms with van der Waals surface area (Å²) < 4.78 is 0. The van der Waals surface area contributed by atoms with Crippen LogP contribution in [0.1, 0.15) is 26.7 Å². The SMILES string of the molecule is C[C@@H](O)[C@H]1C(=O)N2C(C(=O)O)=C(SC3CN(C4CC(CN)C4)C3)[C@H](C)[C@H]12. The monoisotopic (exact) mass is 381 g/mol. The van der Waals surface area contributed by atoms with E-state index in [1.165, 1.54) is 17.7 Å². The highest BCUT2D eigenvalue weighted by Crippen LogP contribution is 2.52. The Bertz CT molecular complexity index is 655. The number of carboxylic acid groups (broad SMARTS) is 1. The van der Waals surface area contributed by atoms with Crippen LogP contribution in [-0.2, 0) is 9.59 Å². The Hall–Kier alpha value is -1.09. The third-order valence-electron chi connectivity index (χ3n) is 6.54. The average Bonchev–Trinajstić information content (AvgIpc) is 2.72. The predicted molar refractivity (Wildman–Crippen MR) is 98.1 cm³/mol. The molecule has 0 aromatic carbocycles. The number of aliphatic hydroxyl groups is 1. The largest absolute Gasteiger partial charge is 0.477 e. The third-order valence-corrected chi connectivity index (χ3v) is 7.99. The van der Waals surface area contributed by atoms with Crippen molar-refractivity contribution in [3.63, 3.8) is 0 Å². The summed E-state index contributed by atoms with van der Waals surface area (Å²) >= 11 is 1.62. The highest BCUT2D eigenvalue weighted by molar-refractivity contribution is 8.03. The number of rotatable bonds is 6. The van der Waals surface area contributed by atoms with Crippen LogP contribution in [0.15, 0.2) is 10.6 Å². The molecule has 4 aliphatic rings. The van der Waals surface area contributed by atoms with E-state index in [1.807, 2.05) is 6.92 Å². The van der Waals surface area contributed by atoms with Gasteiger partial charge in [-0.15, -0.1) is 11.8 Å². The Balaban J connectivity index is 1.42. The lowest BCUT2D eigenvalue weighted by Gasteiger charge is -2.50. The fourth-order valence-electron chi connectivity index (χ4n) is 4.89. The number of likely N-dealkylation sites (tertiary alicyclic amines) is 1. The van der Waals surface area contributed by atoms with Gasteiger partial charge in [-0.2, -0.15) is 0 Å². The summed E-state index contributed by atoms with van der Waals surface area (Å²) in [7, 11) is 0. The molecule has 8 heteroatoms. The highest BCUT2D eigenvalue weighted by atomic mass is 32.2. The van der Waals surface area contributed by atoms with Gasteiger partial charge < -0.3 is 20.8 Å². The van der Waals surface area contributed by atoms with Gasteiger partial charge in [0.15, 0.2) is 0 Å². The molecule has 3 aliphatic heterocycles. The molecule has 26 heavy (non-hydrogen) atoms. The first-order valence-electron chi connectivity index (χ1n) is 9.42. The smallest absolute Gasteiger partial charge is 0.353 e. The second-order valence-corrected chi connectivity index (χ2v) is 9.53. The Morgan fingerprint density at radius 2 is 2.04 bits per heavy atom. The zero-order chi connectivity index (χ0) is 18.7. The molecule has 4 atom stereocenters. The van der Waals surface area contributed by atoms with E-state index in [4.69, 9.17) is 5.73 Å². The van der Waals surface area contributed by atoms with Crippen molar-refractivity contribution in [1.82, 2.24) is 9.80 Å². The number of nitrogens with zero attached hydrogens (tertiary/aromatic N) is 2. The Morgan fingerprint density at radius 3 is 2.58 bits per heavy atom. The van der Waals surface area contributed by atoms with Gasteiger partial charge in [0.05, 0.1) is 18.1 Å². The molecule has 0 unspecified atom stereocenters. The zero-order valence-corrected chi connectivity index (χ0v) is 16.0. The van der Waals surface area contributed by atoms with Crippen LogP contribution in [0.4, 0.5) is 0 Å². The van der Waals surface area contributed by atoms with Gasteiger partial charge in [-0.3, -0.25) is 9.69 Å². The molecule has 4 rings (SSSR count). The van der Waals surface area contributed by atoms with E-state index in [9.17, 15) is 19.8 Å². The second kappa shape index (κ2) is 6.51. The zero-order valence-electron chi connectivity index (χ0n) is 15.2. The molecule has 0 spiro atoms. The number of β-lactam (4-membered cyclic amide) rings is 1. The summed E-state index contributed by atoms with van der Waals surface area (Å²) in [5.41, 5.74) is 5.83. The molecular formula is C18H27N3O4S. The first-order valence-corrected chi connectivity index (χ1v) is 10.3. The minimum absolute atomic E-state index is 0.0391. The molecule has 0 bridgehead atoms. The van der Waals surface area contributed by atoms with E-state index in [-0.39, 0.29) is 23.6 Å². The van der Waals surface area contributed by atoms with Gasteiger partial charge in [0.2, 0.25) is 5.91 Å². The van der Waals surface area contributed by atoms with Gasteiger partial charge in [0.25, 0.3) is 0 Å². The predicted octanol–water partition coefficient (Wildman–Crippen LogP) is 0.295. The maximum Gasteiger partial charge on any atom is 0.353 e. The lowest BCUT2D eigenvalue weighted by molar-refractivity contribution is -0.163. The Kier molecular flexibility index (Phi) is 4.58. The van der Waals surface area contributed by atoms with E-state index >= 15 is 0 Å². The van der Waals surface area contributed by atoms with Crippen LogP contribution in [0, 0.1) is 17.8 Å². The van der Waals surface area contributed by atoms with Gasteiger partial charge in [0, 0.05) is 35.2 Å². The standard InChI is InChI=1S/C18H27N3O4S/c1-8-14-13(9(2)22)17(23)21(14)15(18(24)25)16(8)26-12-6-20(7-12)11-3-10(4-11)5-19/h8-14,22H,3-7,19H2,1-2H3,(H,24,25)/t8-,9-,10?,11?,13-,14-/m1/s1. The number of aliphatic hydroxyl groups excluding tert-OH is 1. The van der Waals surface area contributed by atoms with Crippen molar-refractivity contribution in [2.75, 3.05) is 19.6 Å². The van der Waals surface area contributed by atoms with E-state index in [1.54, 1.807) is 18.7 Å². The number of thioether (sulfide) groups is 1. The van der Waals surface area contributed by atoms with Crippen molar-refractivity contribution >= 4 is 23.6 Å². The van der Waals surface area contributed by atoms with E-state index in [0.717, 1.165) is 24.5 Å². The normalized spacial score (nSPS) is 38.5. The summed E-state index contributed by atoms with van der Waals surface area (Å²) in [4.78, 5) is 28.8. The number of hydrogen-bond donors (Lipinski definition) is 3. The van der Waals surface area contributed by atoms with Crippen LogP contribution in [0.2, 0.25) is 0 Å². The van der Waals surface area contributed by atoms with E-state index in [2.05, 4.69) is 4.90 Å². The van der Waals surface area contributed by atoms with Crippen LogP contribution >= 0.6 is 11.8 Å². The topological polar surface area (TPSA) is 107 Å². The van der Waals surface area contributed by atoms with Crippen LogP contribution in [0.25, 0.3) is 0 Å². The van der Waals surface area contributed by atoms with Gasteiger partial charge >= 0.3 is 5.97 Å². The second-order valence-electron chi connectivity index (χ2n) is 8.19. The molecule has 3 fully saturated rings. The molecule has 2 saturated heterocycles. The Morgan fingerprint density at radius 1 is 1.38 bits per heavy atom. The first-order chi connectivity index (χ1) is 12.3. The minimum Gasteiger partial charge on any atom is -0.477 e. The number of fused-ring (bicyclic) bond motifs is 1. The molecule has 0 aromatic heterocycles. The fourth-order valence-corrected chi connectivity index (χ4v) is 6.43. The molecule has 1 saturated carbocycles. The average molecular weight is 381 g/mol. The van der Waals surface area contributed by atoms with Crippen LogP contribution in [0.5, 0.6) is 0 Å². The molecule has 4 N–H and O–H groups in total. The van der Waals surface area contributed by atoms with Crippen molar-refractivity contribution < 1.29 is 19.8 Å². The van der Waals surface area contributed by atoms with Crippen molar-refractivity contribution in [2.24, 2.45) is 23.5 Å². The number of carbonyl (C=O) groups excluding carboxylic acids is 1. The molecule has 7 nitrogen and oxygen atoms in total. The highest BCUT2D eigenvalue weighted by Gasteiger charge is 2.60. The van der Waals surface area contributed by atoms with Crippen LogP contribution in [-0.4, -0.2) is 75.0 Å². The molecule has 1 aliphatic carbocycles. The van der Waals surface area contributed by atoms with E-state index in [0.29, 0.717) is 17.2 Å². The fraction of sp³-hybridized carbons (Fsp3) is 0.778. The van der Waals surface area contributed by atoms with Gasteiger partial charge in [-0.25, -0.2) is 4.79 Å². The summed E-state index contributed by atoms with van der Waals surface area (Å²) in [6.45, 7) is 6.29. The van der Waals surface area contributed by atoms with Crippen molar-refractivity contribution in [3.8, 4) is 0 Å². The number of carbonyl (C=O) groups is 2. The van der Waals surface area contributed by atoms with Crippen molar-refractivity contribution in [3.05, 3.63) is 10.6 Å². The first kappa shape index (κ1) is 18.3. The molecule has 144 valence electrons. The molecular weight excluding hydrogens is 354 g/mol. The van der Waals surface area contributed by atoms with Gasteiger partial charge in [-0.05, 0) is 32.2 Å². The van der Waals surface area contributed by atoms with Crippen molar-refractivity contribution in [1.29, 1.82) is 0 Å². The van der Waals surface area contributed by atoms with Crippen LogP contribution < -0.4 is 5.73 Å². The van der Waals surface area contributed by atoms with Gasteiger partial charge in [-0.1, -0.05) is 6.92 Å². The molecule has 1 amide bonds. The van der Waals surface area contributed by atoms with E-state index < -0.39 is 18.0 Å². The Labute approximate surface area is 157 Å². The maximum absolute atomic E-state index is 12.3. The van der Waals surface area contributed by atoms with Crippen LogP contribution in [0.3, 0.4) is 0 Å². The lowest BCUT2D eigenvalue weighted by Crippen LogP contribution is -2.63. The quantitative estimate of drug-likeness (QED) is 0.568.